The van der Waals surface area contributed by atoms with Gasteiger partial charge in [-0.25, -0.2) is 0 Å². The van der Waals surface area contributed by atoms with Gasteiger partial charge < -0.3 is 10.1 Å². The summed E-state index contributed by atoms with van der Waals surface area (Å²) in [5.74, 6) is -0.231. The number of benzene rings is 1. The molecule has 0 atom stereocenters. The van der Waals surface area contributed by atoms with Crippen LogP contribution in [0.3, 0.4) is 0 Å². The van der Waals surface area contributed by atoms with Gasteiger partial charge in [0.05, 0.1) is 11.0 Å². The van der Waals surface area contributed by atoms with Crippen LogP contribution in [0.15, 0.2) is 24.3 Å². The maximum absolute atomic E-state index is 12.9. The minimum absolute atomic E-state index is 0.0713. The summed E-state index contributed by atoms with van der Waals surface area (Å²) < 4.78 is 44.1. The van der Waals surface area contributed by atoms with Gasteiger partial charge in [-0.2, -0.15) is 13.2 Å². The zero-order chi connectivity index (χ0) is 16.4. The topological polar surface area (TPSA) is 38.3 Å². The number of hydrogen-bond acceptors (Lipinski definition) is 2. The largest absolute Gasteiger partial charge is 0.416 e. The van der Waals surface area contributed by atoms with Gasteiger partial charge in [-0.1, -0.05) is 18.2 Å². The molecule has 0 aromatic heterocycles. The maximum Gasteiger partial charge on any atom is 0.416 e. The molecule has 122 valence electrons. The van der Waals surface area contributed by atoms with E-state index in [1.807, 2.05) is 13.8 Å². The summed E-state index contributed by atoms with van der Waals surface area (Å²) in [6, 6.07) is 5.00. The first-order valence-electron chi connectivity index (χ1n) is 7.32. The SMILES string of the molecule is CC(C)NC(=O)C1(c2cccc(C(F)(F)F)c2)CCOCC1. The van der Waals surface area contributed by atoms with Crippen molar-refractivity contribution in [2.75, 3.05) is 13.2 Å². The van der Waals surface area contributed by atoms with E-state index < -0.39 is 17.2 Å². The predicted molar refractivity (Wildman–Crippen MR) is 76.5 cm³/mol. The molecule has 1 N–H and O–H groups in total. The third kappa shape index (κ3) is 3.43. The van der Waals surface area contributed by atoms with E-state index in [1.54, 1.807) is 6.07 Å². The molecule has 1 amide bonds. The molecule has 0 saturated carbocycles. The highest BCUT2D eigenvalue weighted by Gasteiger charge is 2.43. The molecule has 0 spiro atoms. The van der Waals surface area contributed by atoms with Gasteiger partial charge in [0, 0.05) is 19.3 Å². The predicted octanol–water partition coefficient (Wildman–Crippen LogP) is 3.28. The molecule has 6 heteroatoms. The average molecular weight is 315 g/mol. The van der Waals surface area contributed by atoms with Crippen LogP contribution in [0.2, 0.25) is 0 Å². The van der Waals surface area contributed by atoms with Gasteiger partial charge in [-0.3, -0.25) is 4.79 Å². The van der Waals surface area contributed by atoms with E-state index in [1.165, 1.54) is 6.07 Å². The molecule has 0 bridgehead atoms. The first-order chi connectivity index (χ1) is 10.3. The Morgan fingerprint density at radius 2 is 1.91 bits per heavy atom. The van der Waals surface area contributed by atoms with Crippen molar-refractivity contribution in [3.8, 4) is 0 Å². The second-order valence-electron chi connectivity index (χ2n) is 5.90. The van der Waals surface area contributed by atoms with Crippen LogP contribution >= 0.6 is 0 Å². The highest BCUT2D eigenvalue weighted by atomic mass is 19.4. The van der Waals surface area contributed by atoms with Crippen molar-refractivity contribution >= 4 is 5.91 Å². The first-order valence-corrected chi connectivity index (χ1v) is 7.32. The normalized spacial score (nSPS) is 18.3. The van der Waals surface area contributed by atoms with Crippen molar-refractivity contribution in [1.29, 1.82) is 0 Å². The van der Waals surface area contributed by atoms with Crippen LogP contribution in [-0.4, -0.2) is 25.2 Å². The highest BCUT2D eigenvalue weighted by Crippen LogP contribution is 2.38. The fraction of sp³-hybridized carbons (Fsp3) is 0.562. The summed E-state index contributed by atoms with van der Waals surface area (Å²) in [6.45, 7) is 4.39. The third-order valence-corrected chi connectivity index (χ3v) is 3.94. The Morgan fingerprint density at radius 1 is 1.27 bits per heavy atom. The molecule has 1 aromatic rings. The molecule has 1 aromatic carbocycles. The monoisotopic (exact) mass is 315 g/mol. The fourth-order valence-corrected chi connectivity index (χ4v) is 2.76. The van der Waals surface area contributed by atoms with Gasteiger partial charge in [0.15, 0.2) is 0 Å². The molecule has 1 heterocycles. The molecular formula is C16H20F3NO2. The molecule has 1 saturated heterocycles. The van der Waals surface area contributed by atoms with Gasteiger partial charge in [0.1, 0.15) is 0 Å². The van der Waals surface area contributed by atoms with Crippen molar-refractivity contribution < 1.29 is 22.7 Å². The number of rotatable bonds is 3. The molecule has 0 radical (unpaired) electrons. The van der Waals surface area contributed by atoms with Crippen molar-refractivity contribution in [1.82, 2.24) is 5.32 Å². The fourth-order valence-electron chi connectivity index (χ4n) is 2.76. The summed E-state index contributed by atoms with van der Waals surface area (Å²) in [5.41, 5.74) is -1.28. The summed E-state index contributed by atoms with van der Waals surface area (Å²) >= 11 is 0. The number of carbonyl (C=O) groups is 1. The van der Waals surface area contributed by atoms with E-state index in [4.69, 9.17) is 4.74 Å². The zero-order valence-electron chi connectivity index (χ0n) is 12.7. The molecule has 0 unspecified atom stereocenters. The van der Waals surface area contributed by atoms with Crippen LogP contribution in [0, 0.1) is 0 Å². The minimum Gasteiger partial charge on any atom is -0.381 e. The van der Waals surface area contributed by atoms with E-state index in [-0.39, 0.29) is 11.9 Å². The van der Waals surface area contributed by atoms with Gasteiger partial charge in [0.25, 0.3) is 0 Å². The Morgan fingerprint density at radius 3 is 2.45 bits per heavy atom. The summed E-state index contributed by atoms with van der Waals surface area (Å²) in [4.78, 5) is 12.6. The lowest BCUT2D eigenvalue weighted by Gasteiger charge is -2.37. The van der Waals surface area contributed by atoms with E-state index in [0.29, 0.717) is 31.6 Å². The molecule has 2 rings (SSSR count). The van der Waals surface area contributed by atoms with Crippen LogP contribution < -0.4 is 5.32 Å². The highest BCUT2D eigenvalue weighted by molar-refractivity contribution is 5.88. The van der Waals surface area contributed by atoms with E-state index in [0.717, 1.165) is 12.1 Å². The van der Waals surface area contributed by atoms with Gasteiger partial charge in [0.2, 0.25) is 5.91 Å². The lowest BCUT2D eigenvalue weighted by Crippen LogP contribution is -2.50. The first kappa shape index (κ1) is 16.8. The van der Waals surface area contributed by atoms with Crippen LogP contribution in [-0.2, 0) is 21.1 Å². The standard InChI is InChI=1S/C16H20F3NO2/c1-11(2)20-14(21)15(6-8-22-9-7-15)12-4-3-5-13(10-12)16(17,18)19/h3-5,10-11H,6-9H2,1-2H3,(H,20,21). The second kappa shape index (κ2) is 6.28. The number of alkyl halides is 3. The average Bonchev–Trinajstić information content (AvgIpc) is 2.46. The van der Waals surface area contributed by atoms with Crippen molar-refractivity contribution in [2.45, 2.75) is 44.3 Å². The second-order valence-corrected chi connectivity index (χ2v) is 5.90. The molecule has 1 aliphatic rings. The van der Waals surface area contributed by atoms with Crippen molar-refractivity contribution in [3.05, 3.63) is 35.4 Å². The Hall–Kier alpha value is -1.56. The number of amides is 1. The number of carbonyl (C=O) groups excluding carboxylic acids is 1. The molecule has 1 fully saturated rings. The molecule has 1 aliphatic heterocycles. The molecule has 22 heavy (non-hydrogen) atoms. The number of nitrogens with one attached hydrogen (secondary N) is 1. The number of halogens is 3. The third-order valence-electron chi connectivity index (χ3n) is 3.94. The maximum atomic E-state index is 12.9. The van der Waals surface area contributed by atoms with Crippen molar-refractivity contribution in [3.63, 3.8) is 0 Å². The summed E-state index contributed by atoms with van der Waals surface area (Å²) in [7, 11) is 0. The van der Waals surface area contributed by atoms with E-state index >= 15 is 0 Å². The summed E-state index contributed by atoms with van der Waals surface area (Å²) in [6.07, 6.45) is -3.66. The van der Waals surface area contributed by atoms with Gasteiger partial charge in [-0.05, 0) is 38.3 Å². The Balaban J connectivity index is 2.43. The van der Waals surface area contributed by atoms with E-state index in [9.17, 15) is 18.0 Å². The van der Waals surface area contributed by atoms with Crippen LogP contribution in [0.25, 0.3) is 0 Å². The van der Waals surface area contributed by atoms with Gasteiger partial charge >= 0.3 is 6.18 Å². The van der Waals surface area contributed by atoms with Crippen LogP contribution in [0.5, 0.6) is 0 Å². The van der Waals surface area contributed by atoms with Crippen LogP contribution in [0.4, 0.5) is 13.2 Å². The number of hydrogen-bond donors (Lipinski definition) is 1. The van der Waals surface area contributed by atoms with Gasteiger partial charge in [-0.15, -0.1) is 0 Å². The summed E-state index contributed by atoms with van der Waals surface area (Å²) in [5, 5.41) is 2.83. The lowest BCUT2D eigenvalue weighted by atomic mass is 9.73. The quantitative estimate of drug-likeness (QED) is 0.929. The molecule has 3 nitrogen and oxygen atoms in total. The Kier molecular flexibility index (Phi) is 4.80. The Labute approximate surface area is 127 Å². The minimum atomic E-state index is -4.42. The van der Waals surface area contributed by atoms with Crippen LogP contribution in [0.1, 0.15) is 37.8 Å². The number of ether oxygens (including phenoxy) is 1. The van der Waals surface area contributed by atoms with Crippen molar-refractivity contribution in [2.24, 2.45) is 0 Å². The molecular weight excluding hydrogens is 295 g/mol. The smallest absolute Gasteiger partial charge is 0.381 e. The lowest BCUT2D eigenvalue weighted by molar-refractivity contribution is -0.138. The Bertz CT molecular complexity index is 534. The molecule has 0 aliphatic carbocycles. The van der Waals surface area contributed by atoms with E-state index in [2.05, 4.69) is 5.32 Å². The zero-order valence-corrected chi connectivity index (χ0v) is 12.7.